The molecule has 1 aromatic heterocycles. The molecule has 0 aliphatic carbocycles. The summed E-state index contributed by atoms with van der Waals surface area (Å²) in [6, 6.07) is 19.3. The molecule has 1 amide bonds. The molecule has 6 nitrogen and oxygen atoms in total. The minimum absolute atomic E-state index is 0.123. The molecule has 33 heavy (non-hydrogen) atoms. The van der Waals surface area contributed by atoms with E-state index in [1.54, 1.807) is 6.26 Å². The summed E-state index contributed by atoms with van der Waals surface area (Å²) in [7, 11) is 2.18. The molecule has 6 heteroatoms. The molecule has 1 saturated heterocycles. The maximum atomic E-state index is 13.1. The van der Waals surface area contributed by atoms with Crippen molar-refractivity contribution in [3.63, 3.8) is 0 Å². The normalized spacial score (nSPS) is 17.8. The molecule has 3 heterocycles. The second kappa shape index (κ2) is 9.40. The van der Waals surface area contributed by atoms with Crippen LogP contribution in [0.3, 0.4) is 0 Å². The number of carbonyl (C=O) groups excluding carboxylic acids is 1. The van der Waals surface area contributed by atoms with Crippen molar-refractivity contribution < 1.29 is 9.32 Å². The zero-order valence-electron chi connectivity index (χ0n) is 19.5. The molecule has 3 aromatic rings. The molecule has 1 atom stereocenters. The third-order valence-corrected chi connectivity index (χ3v) is 7.43. The van der Waals surface area contributed by atoms with Gasteiger partial charge in [-0.2, -0.15) is 0 Å². The number of nitrogens with zero attached hydrogens (tertiary/aromatic N) is 4. The van der Waals surface area contributed by atoms with Gasteiger partial charge in [0.2, 0.25) is 0 Å². The van der Waals surface area contributed by atoms with E-state index in [4.69, 9.17) is 4.52 Å². The fourth-order valence-corrected chi connectivity index (χ4v) is 5.16. The lowest BCUT2D eigenvalue weighted by atomic mass is 9.99. The monoisotopic (exact) mass is 444 g/mol. The second-order valence-corrected chi connectivity index (χ2v) is 9.28. The van der Waals surface area contributed by atoms with Crippen molar-refractivity contribution in [1.29, 1.82) is 0 Å². The number of hydrogen-bond donors (Lipinski definition) is 0. The van der Waals surface area contributed by atoms with E-state index in [0.29, 0.717) is 12.6 Å². The van der Waals surface area contributed by atoms with Crippen LogP contribution in [0.4, 0.5) is 5.69 Å². The van der Waals surface area contributed by atoms with Gasteiger partial charge in [0.05, 0.1) is 6.04 Å². The molecule has 0 saturated carbocycles. The molecular weight excluding hydrogens is 412 g/mol. The van der Waals surface area contributed by atoms with Gasteiger partial charge in [0.1, 0.15) is 12.0 Å². The smallest absolute Gasteiger partial charge is 0.254 e. The Morgan fingerprint density at radius 3 is 2.45 bits per heavy atom. The van der Waals surface area contributed by atoms with Crippen molar-refractivity contribution in [2.45, 2.75) is 44.8 Å². The van der Waals surface area contributed by atoms with Crippen molar-refractivity contribution in [2.75, 3.05) is 31.6 Å². The minimum Gasteiger partial charge on any atom is -0.371 e. The largest absolute Gasteiger partial charge is 0.371 e. The van der Waals surface area contributed by atoms with E-state index < -0.39 is 0 Å². The van der Waals surface area contributed by atoms with E-state index in [9.17, 15) is 4.79 Å². The molecule has 2 aromatic carbocycles. The first-order valence-electron chi connectivity index (χ1n) is 11.9. The van der Waals surface area contributed by atoms with E-state index in [-0.39, 0.29) is 11.9 Å². The number of fused-ring (bicyclic) bond motifs is 1. The van der Waals surface area contributed by atoms with Crippen LogP contribution in [0.2, 0.25) is 0 Å². The summed E-state index contributed by atoms with van der Waals surface area (Å²) in [4.78, 5) is 19.9. The average Bonchev–Trinajstić information content (AvgIpc) is 3.42. The lowest BCUT2D eigenvalue weighted by molar-refractivity contribution is 0.0734. The van der Waals surface area contributed by atoms with Gasteiger partial charge in [0, 0.05) is 49.5 Å². The van der Waals surface area contributed by atoms with Crippen LogP contribution in [-0.2, 0) is 13.0 Å². The first-order valence-corrected chi connectivity index (χ1v) is 11.9. The molecule has 5 rings (SSSR count). The van der Waals surface area contributed by atoms with Crippen LogP contribution in [0.25, 0.3) is 0 Å². The number of piperidine rings is 1. The Labute approximate surface area is 195 Å². The number of aromatic nitrogens is 1. The summed E-state index contributed by atoms with van der Waals surface area (Å²) in [6.07, 6.45) is 4.78. The summed E-state index contributed by atoms with van der Waals surface area (Å²) >= 11 is 0. The number of rotatable bonds is 5. The lowest BCUT2D eigenvalue weighted by Gasteiger charge is -2.39. The van der Waals surface area contributed by atoms with Crippen molar-refractivity contribution >= 4 is 11.6 Å². The Bertz CT molecular complexity index is 1070. The SMILES string of the molecule is CC(c1ccon1)N(C)C1CCN(c2ccc(C(=O)N3CCc4ccccc4C3)cc2)CC1. The standard InChI is InChI=1S/C27H32N4O2/c1-20(26-14-18-33-28-26)29(2)24-12-16-30(17-13-24)25-9-7-22(8-10-25)27(32)31-15-11-21-5-3-4-6-23(21)19-31/h3-10,14,18,20,24H,11-13,15-17,19H2,1-2H3. The average molecular weight is 445 g/mol. The number of anilines is 1. The van der Waals surface area contributed by atoms with Crippen LogP contribution in [-0.4, -0.2) is 53.6 Å². The quantitative estimate of drug-likeness (QED) is 0.579. The highest BCUT2D eigenvalue weighted by Gasteiger charge is 2.27. The fraction of sp³-hybridized carbons (Fsp3) is 0.407. The van der Waals surface area contributed by atoms with Gasteiger partial charge in [0.25, 0.3) is 5.91 Å². The lowest BCUT2D eigenvalue weighted by Crippen LogP contribution is -2.44. The number of carbonyl (C=O) groups is 1. The third-order valence-electron chi connectivity index (χ3n) is 7.43. The maximum Gasteiger partial charge on any atom is 0.254 e. The van der Waals surface area contributed by atoms with E-state index in [1.807, 2.05) is 23.1 Å². The third kappa shape index (κ3) is 4.53. The van der Waals surface area contributed by atoms with Crippen LogP contribution < -0.4 is 4.90 Å². The molecule has 2 aliphatic heterocycles. The summed E-state index contributed by atoms with van der Waals surface area (Å²) in [5, 5.41) is 4.10. The molecule has 0 bridgehead atoms. The van der Waals surface area contributed by atoms with Crippen LogP contribution in [0.15, 0.2) is 65.4 Å². The van der Waals surface area contributed by atoms with Crippen LogP contribution in [0.5, 0.6) is 0 Å². The fourth-order valence-electron chi connectivity index (χ4n) is 5.16. The van der Waals surface area contributed by atoms with Crippen molar-refractivity contribution in [3.05, 3.63) is 83.2 Å². The van der Waals surface area contributed by atoms with E-state index in [0.717, 1.165) is 50.2 Å². The number of hydrogen-bond acceptors (Lipinski definition) is 5. The van der Waals surface area contributed by atoms with E-state index in [2.05, 4.69) is 65.3 Å². The number of amides is 1. The Morgan fingerprint density at radius 2 is 1.76 bits per heavy atom. The molecular formula is C27H32N4O2. The zero-order valence-corrected chi connectivity index (χ0v) is 19.5. The number of benzene rings is 2. The molecule has 0 spiro atoms. The van der Waals surface area contributed by atoms with Gasteiger partial charge in [-0.3, -0.25) is 9.69 Å². The minimum atomic E-state index is 0.123. The van der Waals surface area contributed by atoms with Crippen LogP contribution in [0.1, 0.15) is 53.0 Å². The topological polar surface area (TPSA) is 52.8 Å². The van der Waals surface area contributed by atoms with Crippen molar-refractivity contribution in [3.8, 4) is 0 Å². The molecule has 0 radical (unpaired) electrons. The van der Waals surface area contributed by atoms with Gasteiger partial charge >= 0.3 is 0 Å². The predicted octanol–water partition coefficient (Wildman–Crippen LogP) is 4.53. The Hall–Kier alpha value is -3.12. The first kappa shape index (κ1) is 21.7. The van der Waals surface area contributed by atoms with Gasteiger partial charge in [-0.05, 0) is 68.6 Å². The van der Waals surface area contributed by atoms with Crippen LogP contribution >= 0.6 is 0 Å². The zero-order chi connectivity index (χ0) is 22.8. The van der Waals surface area contributed by atoms with Crippen molar-refractivity contribution in [2.24, 2.45) is 0 Å². The highest BCUT2D eigenvalue weighted by atomic mass is 16.5. The summed E-state index contributed by atoms with van der Waals surface area (Å²) in [6.45, 7) is 5.68. The summed E-state index contributed by atoms with van der Waals surface area (Å²) < 4.78 is 5.02. The Balaban J connectivity index is 1.17. The van der Waals surface area contributed by atoms with Gasteiger partial charge in [-0.15, -0.1) is 0 Å². The molecule has 2 aliphatic rings. The van der Waals surface area contributed by atoms with E-state index >= 15 is 0 Å². The predicted molar refractivity (Wildman–Crippen MR) is 129 cm³/mol. The molecule has 1 unspecified atom stereocenters. The summed E-state index contributed by atoms with van der Waals surface area (Å²) in [5.74, 6) is 0.123. The Morgan fingerprint density at radius 1 is 1.03 bits per heavy atom. The maximum absolute atomic E-state index is 13.1. The van der Waals surface area contributed by atoms with Crippen molar-refractivity contribution in [1.82, 2.24) is 15.0 Å². The van der Waals surface area contributed by atoms with Gasteiger partial charge in [-0.25, -0.2) is 0 Å². The molecule has 1 fully saturated rings. The van der Waals surface area contributed by atoms with Crippen LogP contribution in [0, 0.1) is 0 Å². The molecule has 172 valence electrons. The highest BCUT2D eigenvalue weighted by molar-refractivity contribution is 5.94. The highest BCUT2D eigenvalue weighted by Crippen LogP contribution is 2.28. The summed E-state index contributed by atoms with van der Waals surface area (Å²) in [5.41, 5.74) is 5.58. The second-order valence-electron chi connectivity index (χ2n) is 9.28. The Kier molecular flexibility index (Phi) is 6.18. The first-order chi connectivity index (χ1) is 16.1. The van der Waals surface area contributed by atoms with Gasteiger partial charge < -0.3 is 14.3 Å². The van der Waals surface area contributed by atoms with Gasteiger partial charge in [0.15, 0.2) is 0 Å². The molecule has 0 N–H and O–H groups in total. The van der Waals surface area contributed by atoms with E-state index in [1.165, 1.54) is 16.8 Å². The van der Waals surface area contributed by atoms with Gasteiger partial charge in [-0.1, -0.05) is 29.4 Å².